The van der Waals surface area contributed by atoms with Crippen LogP contribution in [0.15, 0.2) is 18.2 Å². The number of hydrogen-bond acceptors (Lipinski definition) is 2. The van der Waals surface area contributed by atoms with E-state index in [-0.39, 0.29) is 17.7 Å². The lowest BCUT2D eigenvalue weighted by molar-refractivity contribution is -0.131. The van der Waals surface area contributed by atoms with Crippen molar-refractivity contribution in [2.24, 2.45) is 17.6 Å². The summed E-state index contributed by atoms with van der Waals surface area (Å²) in [7, 11) is 0. The van der Waals surface area contributed by atoms with Crippen molar-refractivity contribution in [1.82, 2.24) is 4.90 Å². The Morgan fingerprint density at radius 3 is 2.60 bits per heavy atom. The molecule has 2 N–H and O–H groups in total. The highest BCUT2D eigenvalue weighted by Gasteiger charge is 2.46. The van der Waals surface area contributed by atoms with Gasteiger partial charge in [-0.05, 0) is 55.0 Å². The van der Waals surface area contributed by atoms with Crippen LogP contribution in [-0.4, -0.2) is 30.4 Å². The zero-order chi connectivity index (χ0) is 14.3. The molecule has 0 aromatic heterocycles. The van der Waals surface area contributed by atoms with Crippen molar-refractivity contribution in [2.75, 3.05) is 19.6 Å². The number of carbonyl (C=O) groups excluding carboxylic acids is 1. The molecule has 1 aliphatic carbocycles. The highest BCUT2D eigenvalue weighted by Crippen LogP contribution is 2.49. The van der Waals surface area contributed by atoms with Gasteiger partial charge in [0.2, 0.25) is 5.91 Å². The Hall–Kier alpha value is -0.770. The van der Waals surface area contributed by atoms with E-state index < -0.39 is 0 Å². The monoisotopic (exact) mass is 312 g/mol. The SMILES string of the molecule is NCC1CCN(C(=O)C2CC2c2cc(Cl)cc(Cl)c2)C1. The van der Waals surface area contributed by atoms with Crippen LogP contribution in [0.5, 0.6) is 0 Å². The van der Waals surface area contributed by atoms with Crippen LogP contribution in [0, 0.1) is 11.8 Å². The molecule has 20 heavy (non-hydrogen) atoms. The molecule has 1 aliphatic heterocycles. The first kappa shape index (κ1) is 14.2. The van der Waals surface area contributed by atoms with E-state index in [1.807, 2.05) is 17.0 Å². The minimum atomic E-state index is 0.0982. The molecular weight excluding hydrogens is 295 g/mol. The number of likely N-dealkylation sites (tertiary alicyclic amines) is 1. The summed E-state index contributed by atoms with van der Waals surface area (Å²) in [5.41, 5.74) is 6.75. The van der Waals surface area contributed by atoms with Gasteiger partial charge in [-0.2, -0.15) is 0 Å². The van der Waals surface area contributed by atoms with E-state index in [1.54, 1.807) is 6.07 Å². The number of amides is 1. The van der Waals surface area contributed by atoms with Gasteiger partial charge in [0.05, 0.1) is 0 Å². The van der Waals surface area contributed by atoms with Crippen molar-refractivity contribution in [3.8, 4) is 0 Å². The third-order valence-electron chi connectivity index (χ3n) is 4.35. The van der Waals surface area contributed by atoms with E-state index in [0.717, 1.165) is 31.5 Å². The van der Waals surface area contributed by atoms with Crippen molar-refractivity contribution in [2.45, 2.75) is 18.8 Å². The van der Waals surface area contributed by atoms with Gasteiger partial charge in [-0.1, -0.05) is 23.2 Å². The fourth-order valence-corrected chi connectivity index (χ4v) is 3.63. The van der Waals surface area contributed by atoms with E-state index >= 15 is 0 Å². The molecule has 0 spiro atoms. The number of nitrogens with zero attached hydrogens (tertiary/aromatic N) is 1. The second-order valence-electron chi connectivity index (χ2n) is 5.83. The maximum atomic E-state index is 12.4. The summed E-state index contributed by atoms with van der Waals surface area (Å²) >= 11 is 12.0. The van der Waals surface area contributed by atoms with Gasteiger partial charge >= 0.3 is 0 Å². The van der Waals surface area contributed by atoms with Crippen molar-refractivity contribution in [3.05, 3.63) is 33.8 Å². The predicted octanol–water partition coefficient (Wildman–Crippen LogP) is 2.90. The fraction of sp³-hybridized carbons (Fsp3) is 0.533. The molecule has 1 aromatic rings. The van der Waals surface area contributed by atoms with E-state index in [0.29, 0.717) is 22.5 Å². The Balaban J connectivity index is 1.65. The third kappa shape index (κ3) is 2.80. The first-order chi connectivity index (χ1) is 9.58. The molecule has 1 amide bonds. The Morgan fingerprint density at radius 1 is 1.30 bits per heavy atom. The quantitative estimate of drug-likeness (QED) is 0.932. The van der Waals surface area contributed by atoms with E-state index in [9.17, 15) is 4.79 Å². The van der Waals surface area contributed by atoms with Crippen molar-refractivity contribution >= 4 is 29.1 Å². The Morgan fingerprint density at radius 2 is 2.00 bits per heavy atom. The Labute approximate surface area is 129 Å². The molecule has 1 saturated carbocycles. The van der Waals surface area contributed by atoms with Crippen LogP contribution in [-0.2, 0) is 4.79 Å². The number of hydrogen-bond donors (Lipinski definition) is 1. The maximum absolute atomic E-state index is 12.4. The number of halogens is 2. The molecule has 1 heterocycles. The van der Waals surface area contributed by atoms with Crippen molar-refractivity contribution < 1.29 is 4.79 Å². The van der Waals surface area contributed by atoms with Crippen LogP contribution in [0.2, 0.25) is 10.0 Å². The summed E-state index contributed by atoms with van der Waals surface area (Å²) in [6, 6.07) is 5.55. The molecule has 2 fully saturated rings. The van der Waals surface area contributed by atoms with Crippen LogP contribution in [0.4, 0.5) is 0 Å². The zero-order valence-corrected chi connectivity index (χ0v) is 12.7. The Kier molecular flexibility index (Phi) is 3.93. The number of benzene rings is 1. The van der Waals surface area contributed by atoms with Gasteiger partial charge in [0.25, 0.3) is 0 Å². The molecule has 3 nitrogen and oxygen atoms in total. The second kappa shape index (κ2) is 5.55. The summed E-state index contributed by atoms with van der Waals surface area (Å²) in [4.78, 5) is 14.4. The zero-order valence-electron chi connectivity index (χ0n) is 11.2. The molecule has 5 heteroatoms. The molecule has 0 radical (unpaired) electrons. The lowest BCUT2D eigenvalue weighted by atomic mass is 10.1. The number of nitrogens with two attached hydrogens (primary N) is 1. The molecule has 1 aromatic carbocycles. The van der Waals surface area contributed by atoms with Crippen molar-refractivity contribution in [1.29, 1.82) is 0 Å². The standard InChI is InChI=1S/C15H18Cl2N2O/c16-11-3-10(4-12(17)5-11)13-6-14(13)15(20)19-2-1-9(7-18)8-19/h3-5,9,13-14H,1-2,6-8,18H2. The largest absolute Gasteiger partial charge is 0.342 e. The molecule has 3 atom stereocenters. The number of carbonyl (C=O) groups is 1. The Bertz CT molecular complexity index is 514. The normalized spacial score (nSPS) is 28.8. The highest BCUT2D eigenvalue weighted by molar-refractivity contribution is 6.34. The first-order valence-electron chi connectivity index (χ1n) is 7.03. The smallest absolute Gasteiger partial charge is 0.226 e. The van der Waals surface area contributed by atoms with Crippen LogP contribution < -0.4 is 5.73 Å². The van der Waals surface area contributed by atoms with Crippen LogP contribution in [0.25, 0.3) is 0 Å². The molecule has 0 bridgehead atoms. The van der Waals surface area contributed by atoms with Gasteiger partial charge in [-0.25, -0.2) is 0 Å². The van der Waals surface area contributed by atoms with Crippen molar-refractivity contribution in [3.63, 3.8) is 0 Å². The first-order valence-corrected chi connectivity index (χ1v) is 7.79. The molecule has 2 aliphatic rings. The molecule has 1 saturated heterocycles. The van der Waals surface area contributed by atoms with Gasteiger partial charge in [0, 0.05) is 29.1 Å². The average molecular weight is 313 g/mol. The summed E-state index contributed by atoms with van der Waals surface area (Å²) in [6.45, 7) is 2.33. The second-order valence-corrected chi connectivity index (χ2v) is 6.70. The van der Waals surface area contributed by atoms with Gasteiger partial charge in [-0.15, -0.1) is 0 Å². The maximum Gasteiger partial charge on any atom is 0.226 e. The minimum Gasteiger partial charge on any atom is -0.342 e. The van der Waals surface area contributed by atoms with Crippen LogP contribution in [0.1, 0.15) is 24.3 Å². The predicted molar refractivity (Wildman–Crippen MR) is 81.1 cm³/mol. The summed E-state index contributed by atoms with van der Waals surface area (Å²) < 4.78 is 0. The van der Waals surface area contributed by atoms with Gasteiger partial charge in [0.1, 0.15) is 0 Å². The van der Waals surface area contributed by atoms with E-state index in [1.165, 1.54) is 0 Å². The lowest BCUT2D eigenvalue weighted by Crippen LogP contribution is -2.31. The third-order valence-corrected chi connectivity index (χ3v) is 4.79. The van der Waals surface area contributed by atoms with Crippen LogP contribution in [0.3, 0.4) is 0 Å². The lowest BCUT2D eigenvalue weighted by Gasteiger charge is -2.16. The van der Waals surface area contributed by atoms with E-state index in [2.05, 4.69) is 0 Å². The van der Waals surface area contributed by atoms with Gasteiger partial charge in [-0.3, -0.25) is 4.79 Å². The highest BCUT2D eigenvalue weighted by atomic mass is 35.5. The average Bonchev–Trinajstić information content (AvgIpc) is 3.06. The molecule has 108 valence electrons. The van der Waals surface area contributed by atoms with Crippen LogP contribution >= 0.6 is 23.2 Å². The van der Waals surface area contributed by atoms with Gasteiger partial charge in [0.15, 0.2) is 0 Å². The summed E-state index contributed by atoms with van der Waals surface area (Å²) in [5.74, 6) is 1.11. The molecular formula is C15H18Cl2N2O. The van der Waals surface area contributed by atoms with E-state index in [4.69, 9.17) is 28.9 Å². The fourth-order valence-electron chi connectivity index (χ4n) is 3.09. The number of rotatable bonds is 3. The van der Waals surface area contributed by atoms with Gasteiger partial charge < -0.3 is 10.6 Å². The summed E-state index contributed by atoms with van der Waals surface area (Å²) in [5, 5.41) is 1.27. The topological polar surface area (TPSA) is 46.3 Å². The minimum absolute atomic E-state index is 0.0982. The molecule has 3 rings (SSSR count). The summed E-state index contributed by atoms with van der Waals surface area (Å²) in [6.07, 6.45) is 1.93. The molecule has 3 unspecified atom stereocenters.